The van der Waals surface area contributed by atoms with E-state index in [9.17, 15) is 4.79 Å². The number of benzene rings is 3. The summed E-state index contributed by atoms with van der Waals surface area (Å²) in [7, 11) is 0. The monoisotopic (exact) mass is 509 g/mol. The number of aryl methyl sites for hydroxylation is 2. The Kier molecular flexibility index (Phi) is 7.23. The third-order valence-corrected chi connectivity index (χ3v) is 6.82. The average Bonchev–Trinajstić information content (AvgIpc) is 3.33. The maximum Gasteiger partial charge on any atom is 0.283 e. The van der Waals surface area contributed by atoms with Crippen LogP contribution < -0.4 is 9.47 Å². The van der Waals surface area contributed by atoms with Crippen LogP contribution in [0.15, 0.2) is 88.8 Å². The van der Waals surface area contributed by atoms with Gasteiger partial charge >= 0.3 is 0 Å². The molecule has 3 aromatic rings. The van der Waals surface area contributed by atoms with Crippen LogP contribution in [0.4, 0.5) is 0 Å². The number of ether oxygens (including phenoxy) is 2. The molecular formula is C30H27N3O3S. The molecule has 0 spiro atoms. The predicted octanol–water partition coefficient (Wildman–Crippen LogP) is 6.32. The molecule has 2 heterocycles. The van der Waals surface area contributed by atoms with E-state index >= 15 is 0 Å². The molecule has 0 saturated heterocycles. The highest BCUT2D eigenvalue weighted by Crippen LogP contribution is 2.37. The third kappa shape index (κ3) is 5.52. The van der Waals surface area contributed by atoms with Crippen molar-refractivity contribution in [3.05, 3.63) is 106 Å². The number of aliphatic imine (C=N–C) groups is 1. The van der Waals surface area contributed by atoms with Gasteiger partial charge < -0.3 is 9.47 Å². The van der Waals surface area contributed by atoms with Crippen LogP contribution in [0.25, 0.3) is 11.8 Å². The molecule has 5 rings (SSSR count). The van der Waals surface area contributed by atoms with Crippen LogP contribution in [0, 0.1) is 12.3 Å². The fraction of sp³-hybridized carbons (Fsp3) is 0.167. The molecule has 7 heteroatoms. The molecular weight excluding hydrogens is 482 g/mol. The van der Waals surface area contributed by atoms with E-state index in [4.69, 9.17) is 14.9 Å². The van der Waals surface area contributed by atoms with Crippen LogP contribution in [0.3, 0.4) is 0 Å². The van der Waals surface area contributed by atoms with Crippen LogP contribution in [0.1, 0.15) is 29.2 Å². The van der Waals surface area contributed by atoms with E-state index < -0.39 is 5.91 Å². The highest BCUT2D eigenvalue weighted by Gasteiger charge is 2.36. The quantitative estimate of drug-likeness (QED) is 0.284. The van der Waals surface area contributed by atoms with Crippen LogP contribution in [0.5, 0.6) is 11.5 Å². The van der Waals surface area contributed by atoms with Gasteiger partial charge in [0.25, 0.3) is 5.91 Å². The SMILES string of the molecule is CCc1cc(C)cc(OCCOc2cccc(/C=C3\C(=N)N4C(c5ccccc5)=CSC4=NC3=O)c2)c1. The van der Waals surface area contributed by atoms with Crippen molar-refractivity contribution in [3.8, 4) is 11.5 Å². The number of fused-ring (bicyclic) bond motifs is 1. The van der Waals surface area contributed by atoms with E-state index in [1.165, 1.54) is 22.9 Å². The first-order valence-electron chi connectivity index (χ1n) is 12.1. The number of thioether (sulfide) groups is 1. The number of hydrogen-bond acceptors (Lipinski definition) is 5. The van der Waals surface area contributed by atoms with Crippen molar-refractivity contribution in [1.82, 2.24) is 4.90 Å². The Morgan fingerprint density at radius 1 is 0.973 bits per heavy atom. The molecule has 37 heavy (non-hydrogen) atoms. The molecule has 0 aromatic heterocycles. The summed E-state index contributed by atoms with van der Waals surface area (Å²) < 4.78 is 11.8. The van der Waals surface area contributed by atoms with Gasteiger partial charge in [-0.05, 0) is 65.9 Å². The number of amides is 1. The number of carbonyl (C=O) groups excluding carboxylic acids is 1. The Labute approximate surface area is 220 Å². The maximum atomic E-state index is 12.8. The number of nitrogens with one attached hydrogen (secondary N) is 1. The summed E-state index contributed by atoms with van der Waals surface area (Å²) in [5, 5.41) is 11.2. The van der Waals surface area contributed by atoms with Gasteiger partial charge in [-0.2, -0.15) is 4.99 Å². The minimum atomic E-state index is -0.421. The van der Waals surface area contributed by atoms with Gasteiger partial charge in [-0.1, -0.05) is 67.2 Å². The van der Waals surface area contributed by atoms with Crippen LogP contribution in [-0.2, 0) is 11.2 Å². The van der Waals surface area contributed by atoms with E-state index in [1.54, 1.807) is 11.0 Å². The lowest BCUT2D eigenvalue weighted by molar-refractivity contribution is -0.114. The molecule has 0 unspecified atom stereocenters. The fourth-order valence-electron chi connectivity index (χ4n) is 4.21. The van der Waals surface area contributed by atoms with Crippen molar-refractivity contribution >= 4 is 40.4 Å². The van der Waals surface area contributed by atoms with Crippen molar-refractivity contribution < 1.29 is 14.3 Å². The van der Waals surface area contributed by atoms with Gasteiger partial charge in [-0.15, -0.1) is 0 Å². The average molecular weight is 510 g/mol. The van der Waals surface area contributed by atoms with Gasteiger partial charge in [0, 0.05) is 5.41 Å². The standard InChI is InChI=1S/C30H27N3O3S/c1-3-21-14-20(2)15-25(16-21)36-13-12-35-24-11-7-8-22(17-24)18-26-28(31)33-27(23-9-5-4-6-10-23)19-37-30(33)32-29(26)34/h4-11,14-19,31H,3,12-13H2,1-2H3/b26-18+,31-28?. The van der Waals surface area contributed by atoms with Gasteiger partial charge in [0.2, 0.25) is 0 Å². The van der Waals surface area contributed by atoms with E-state index in [1.807, 2.05) is 66.1 Å². The number of nitrogens with zero attached hydrogens (tertiary/aromatic N) is 2. The normalized spacial score (nSPS) is 15.9. The number of rotatable bonds is 8. The Bertz CT molecular complexity index is 1440. The number of carbonyl (C=O) groups is 1. The Hall–Kier alpha value is -4.10. The molecule has 2 aliphatic rings. The summed E-state index contributed by atoms with van der Waals surface area (Å²) in [6.07, 6.45) is 2.66. The van der Waals surface area contributed by atoms with E-state index in [0.29, 0.717) is 24.1 Å². The maximum absolute atomic E-state index is 12.8. The van der Waals surface area contributed by atoms with Crippen LogP contribution in [-0.4, -0.2) is 35.0 Å². The number of amidine groups is 2. The minimum Gasteiger partial charge on any atom is -0.490 e. The summed E-state index contributed by atoms with van der Waals surface area (Å²) >= 11 is 1.35. The fourth-order valence-corrected chi connectivity index (χ4v) is 5.10. The molecule has 0 saturated carbocycles. The smallest absolute Gasteiger partial charge is 0.283 e. The highest BCUT2D eigenvalue weighted by molar-refractivity contribution is 8.17. The Morgan fingerprint density at radius 2 is 1.76 bits per heavy atom. The van der Waals surface area contributed by atoms with E-state index in [2.05, 4.69) is 31.0 Å². The first-order chi connectivity index (χ1) is 18.0. The lowest BCUT2D eigenvalue weighted by Crippen LogP contribution is -2.38. The summed E-state index contributed by atoms with van der Waals surface area (Å²) in [5.74, 6) is 1.20. The predicted molar refractivity (Wildman–Crippen MR) is 150 cm³/mol. The third-order valence-electron chi connectivity index (χ3n) is 5.99. The van der Waals surface area contributed by atoms with Gasteiger partial charge in [-0.3, -0.25) is 15.1 Å². The van der Waals surface area contributed by atoms with Gasteiger partial charge in [0.05, 0.1) is 11.3 Å². The first-order valence-corrected chi connectivity index (χ1v) is 13.0. The molecule has 0 radical (unpaired) electrons. The summed E-state index contributed by atoms with van der Waals surface area (Å²) in [4.78, 5) is 18.7. The van der Waals surface area contributed by atoms with Gasteiger partial charge in [0.15, 0.2) is 5.17 Å². The largest absolute Gasteiger partial charge is 0.490 e. The molecule has 2 aliphatic heterocycles. The molecule has 1 amide bonds. The van der Waals surface area contributed by atoms with Gasteiger partial charge in [0.1, 0.15) is 30.5 Å². The molecule has 0 bridgehead atoms. The minimum absolute atomic E-state index is 0.111. The highest BCUT2D eigenvalue weighted by atomic mass is 32.2. The van der Waals surface area contributed by atoms with Crippen molar-refractivity contribution in [2.75, 3.05) is 13.2 Å². The van der Waals surface area contributed by atoms with E-state index in [-0.39, 0.29) is 11.4 Å². The number of hydrogen-bond donors (Lipinski definition) is 1. The van der Waals surface area contributed by atoms with Crippen LogP contribution >= 0.6 is 11.8 Å². The van der Waals surface area contributed by atoms with Crippen molar-refractivity contribution in [3.63, 3.8) is 0 Å². The molecule has 0 aliphatic carbocycles. The zero-order chi connectivity index (χ0) is 25.8. The lowest BCUT2D eigenvalue weighted by Gasteiger charge is -2.26. The second-order valence-electron chi connectivity index (χ2n) is 8.71. The zero-order valence-electron chi connectivity index (χ0n) is 20.7. The molecule has 3 aromatic carbocycles. The van der Waals surface area contributed by atoms with E-state index in [0.717, 1.165) is 29.0 Å². The topological polar surface area (TPSA) is 75.0 Å². The van der Waals surface area contributed by atoms with Crippen molar-refractivity contribution in [1.29, 1.82) is 5.41 Å². The van der Waals surface area contributed by atoms with Gasteiger partial charge in [-0.25, -0.2) is 0 Å². The van der Waals surface area contributed by atoms with Crippen molar-refractivity contribution in [2.24, 2.45) is 4.99 Å². The summed E-state index contributed by atoms with van der Waals surface area (Å²) in [6.45, 7) is 4.99. The zero-order valence-corrected chi connectivity index (χ0v) is 21.5. The lowest BCUT2D eigenvalue weighted by atomic mass is 10.1. The second-order valence-corrected chi connectivity index (χ2v) is 9.54. The summed E-state index contributed by atoms with van der Waals surface area (Å²) in [5.41, 5.74) is 5.22. The Balaban J connectivity index is 1.27. The van der Waals surface area contributed by atoms with Crippen molar-refractivity contribution in [2.45, 2.75) is 20.3 Å². The van der Waals surface area contributed by atoms with Crippen LogP contribution in [0.2, 0.25) is 0 Å². The molecule has 0 fully saturated rings. The molecule has 186 valence electrons. The second kappa shape index (κ2) is 10.9. The molecule has 0 atom stereocenters. The molecule has 6 nitrogen and oxygen atoms in total. The Morgan fingerprint density at radius 3 is 2.54 bits per heavy atom. The molecule has 1 N–H and O–H groups in total. The first kappa shape index (κ1) is 24.6. The summed E-state index contributed by atoms with van der Waals surface area (Å²) in [6, 6.07) is 23.5.